The van der Waals surface area contributed by atoms with Gasteiger partial charge in [-0.25, -0.2) is 0 Å². The highest BCUT2D eigenvalue weighted by atomic mass is 15.2. The van der Waals surface area contributed by atoms with Gasteiger partial charge in [0.2, 0.25) is 0 Å². The Balaban J connectivity index is 2.16. The zero-order valence-electron chi connectivity index (χ0n) is 8.85. The number of hydrogen-bond acceptors (Lipinski definition) is 1. The minimum Gasteiger partial charge on any atom is -0.305 e. The van der Waals surface area contributed by atoms with Crippen molar-refractivity contribution in [3.63, 3.8) is 0 Å². The van der Waals surface area contributed by atoms with Crippen molar-refractivity contribution in [3.05, 3.63) is 0 Å². The maximum Gasteiger partial charge on any atom is 0.00384 e. The van der Waals surface area contributed by atoms with Gasteiger partial charge in [0, 0.05) is 13.1 Å². The van der Waals surface area contributed by atoms with Gasteiger partial charge in [-0.2, -0.15) is 0 Å². The molecule has 0 aromatic carbocycles. The molecule has 1 spiro atoms. The predicted octanol–water partition coefficient (Wildman–Crippen LogP) is 2.37. The molecule has 12 heavy (non-hydrogen) atoms. The molecule has 1 saturated heterocycles. The van der Waals surface area contributed by atoms with Crippen LogP contribution in [-0.2, 0) is 0 Å². The van der Waals surface area contributed by atoms with Crippen molar-refractivity contribution in [2.75, 3.05) is 20.1 Å². The lowest BCUT2D eigenvalue weighted by Gasteiger charge is -2.31. The van der Waals surface area contributed by atoms with E-state index in [1.165, 1.54) is 25.9 Å². The van der Waals surface area contributed by atoms with Crippen LogP contribution in [0.4, 0.5) is 0 Å². The summed E-state index contributed by atoms with van der Waals surface area (Å²) in [5.74, 6) is 0.940. The highest BCUT2D eigenvalue weighted by molar-refractivity contribution is 5.08. The normalized spacial score (nSPS) is 34.5. The molecule has 0 amide bonds. The van der Waals surface area contributed by atoms with E-state index in [2.05, 4.69) is 32.7 Å². The van der Waals surface area contributed by atoms with Gasteiger partial charge >= 0.3 is 0 Å². The fraction of sp³-hybridized carbons (Fsp3) is 1.00. The quantitative estimate of drug-likeness (QED) is 0.535. The van der Waals surface area contributed by atoms with E-state index in [0.717, 1.165) is 11.3 Å². The molecule has 70 valence electrons. The van der Waals surface area contributed by atoms with Crippen molar-refractivity contribution in [3.8, 4) is 0 Å². The molecule has 1 saturated carbocycles. The van der Waals surface area contributed by atoms with Gasteiger partial charge in [0.25, 0.3) is 0 Å². The van der Waals surface area contributed by atoms with Crippen molar-refractivity contribution < 1.29 is 0 Å². The van der Waals surface area contributed by atoms with Crippen LogP contribution in [0.2, 0.25) is 0 Å². The second kappa shape index (κ2) is 2.25. The van der Waals surface area contributed by atoms with Crippen LogP contribution in [0.1, 0.15) is 33.6 Å². The van der Waals surface area contributed by atoms with E-state index in [0.29, 0.717) is 5.41 Å². The van der Waals surface area contributed by atoms with Crippen molar-refractivity contribution in [1.29, 1.82) is 0 Å². The molecule has 1 aliphatic carbocycles. The van der Waals surface area contributed by atoms with Crippen LogP contribution in [-0.4, -0.2) is 25.0 Å². The second-order valence-corrected chi connectivity index (χ2v) is 5.98. The molecule has 1 heterocycles. The highest BCUT2D eigenvalue weighted by Crippen LogP contribution is 2.60. The van der Waals surface area contributed by atoms with E-state index in [9.17, 15) is 0 Å². The van der Waals surface area contributed by atoms with Crippen LogP contribution in [0.15, 0.2) is 0 Å². The maximum atomic E-state index is 2.52. The summed E-state index contributed by atoms with van der Waals surface area (Å²) in [6.45, 7) is 9.88. The lowest BCUT2D eigenvalue weighted by molar-refractivity contribution is 0.186. The predicted molar refractivity (Wildman–Crippen MR) is 52.1 cm³/mol. The van der Waals surface area contributed by atoms with Crippen molar-refractivity contribution >= 4 is 0 Å². The van der Waals surface area contributed by atoms with Crippen LogP contribution in [0.3, 0.4) is 0 Å². The Hall–Kier alpha value is -0.0400. The fourth-order valence-electron chi connectivity index (χ4n) is 3.08. The monoisotopic (exact) mass is 167 g/mol. The number of likely N-dealkylation sites (tertiary alicyclic amines) is 1. The third-order valence-corrected chi connectivity index (χ3v) is 3.76. The number of rotatable bonds is 0. The summed E-state index contributed by atoms with van der Waals surface area (Å²) >= 11 is 0. The molecule has 0 radical (unpaired) electrons. The largest absolute Gasteiger partial charge is 0.305 e. The first-order valence-electron chi connectivity index (χ1n) is 5.13. The van der Waals surface area contributed by atoms with Gasteiger partial charge in [0.1, 0.15) is 0 Å². The molecule has 0 aromatic rings. The van der Waals surface area contributed by atoms with E-state index >= 15 is 0 Å². The minimum absolute atomic E-state index is 0.515. The minimum atomic E-state index is 0.515. The topological polar surface area (TPSA) is 3.24 Å². The number of hydrogen-bond donors (Lipinski definition) is 0. The zero-order chi connectivity index (χ0) is 8.98. The molecule has 0 N–H and O–H groups in total. The van der Waals surface area contributed by atoms with E-state index < -0.39 is 0 Å². The molecule has 1 atom stereocenters. The van der Waals surface area contributed by atoms with Gasteiger partial charge < -0.3 is 4.90 Å². The average molecular weight is 167 g/mol. The molecule has 0 aromatic heterocycles. The van der Waals surface area contributed by atoms with Crippen LogP contribution >= 0.6 is 0 Å². The molecule has 1 unspecified atom stereocenters. The third kappa shape index (κ3) is 1.19. The van der Waals surface area contributed by atoms with E-state index in [1.54, 1.807) is 0 Å². The Morgan fingerprint density at radius 1 is 1.25 bits per heavy atom. The van der Waals surface area contributed by atoms with Crippen LogP contribution in [0.5, 0.6) is 0 Å². The molecule has 2 aliphatic rings. The summed E-state index contributed by atoms with van der Waals surface area (Å²) < 4.78 is 0. The molecule has 2 fully saturated rings. The lowest BCUT2D eigenvalue weighted by Crippen LogP contribution is -2.28. The van der Waals surface area contributed by atoms with Gasteiger partial charge in [-0.1, -0.05) is 20.8 Å². The number of nitrogens with zero attached hydrogens (tertiary/aromatic N) is 1. The SMILES string of the molecule is CN1CC(C(C)(C)C)C2(CC2)C1. The first kappa shape index (κ1) is 8.55. The summed E-state index contributed by atoms with van der Waals surface area (Å²) in [7, 11) is 2.27. The van der Waals surface area contributed by atoms with Gasteiger partial charge in [0.05, 0.1) is 0 Å². The van der Waals surface area contributed by atoms with Crippen LogP contribution in [0, 0.1) is 16.7 Å². The third-order valence-electron chi connectivity index (χ3n) is 3.76. The zero-order valence-corrected chi connectivity index (χ0v) is 8.85. The summed E-state index contributed by atoms with van der Waals surface area (Å²) in [4.78, 5) is 2.52. The van der Waals surface area contributed by atoms with E-state index in [1.807, 2.05) is 0 Å². The second-order valence-electron chi connectivity index (χ2n) is 5.98. The maximum absolute atomic E-state index is 2.52. The van der Waals surface area contributed by atoms with E-state index in [4.69, 9.17) is 0 Å². The standard InChI is InChI=1S/C11H21N/c1-10(2,3)9-7-12(4)8-11(9)5-6-11/h9H,5-8H2,1-4H3. The van der Waals surface area contributed by atoms with Gasteiger partial charge in [-0.15, -0.1) is 0 Å². The first-order valence-corrected chi connectivity index (χ1v) is 5.13. The molecule has 1 nitrogen and oxygen atoms in total. The smallest absolute Gasteiger partial charge is 0.00384 e. The van der Waals surface area contributed by atoms with Gasteiger partial charge in [0.15, 0.2) is 0 Å². The lowest BCUT2D eigenvalue weighted by atomic mass is 9.73. The summed E-state index contributed by atoms with van der Waals surface area (Å²) in [5.41, 5.74) is 1.26. The Labute approximate surface area is 76.1 Å². The van der Waals surface area contributed by atoms with Crippen LogP contribution in [0.25, 0.3) is 0 Å². The average Bonchev–Trinajstić information content (AvgIpc) is 2.52. The van der Waals surface area contributed by atoms with Crippen molar-refractivity contribution in [1.82, 2.24) is 4.90 Å². The molecular weight excluding hydrogens is 146 g/mol. The Bertz CT molecular complexity index is 186. The van der Waals surface area contributed by atoms with Gasteiger partial charge in [-0.05, 0) is 36.6 Å². The Morgan fingerprint density at radius 2 is 1.83 bits per heavy atom. The first-order chi connectivity index (χ1) is 5.44. The highest BCUT2D eigenvalue weighted by Gasteiger charge is 2.57. The summed E-state index contributed by atoms with van der Waals surface area (Å²) in [6, 6.07) is 0. The molecule has 1 aliphatic heterocycles. The van der Waals surface area contributed by atoms with Crippen molar-refractivity contribution in [2.45, 2.75) is 33.6 Å². The summed E-state index contributed by atoms with van der Waals surface area (Å²) in [5, 5.41) is 0. The molecule has 1 heteroatoms. The molecule has 0 bridgehead atoms. The Kier molecular flexibility index (Phi) is 1.61. The fourth-order valence-corrected chi connectivity index (χ4v) is 3.08. The molecular formula is C11H21N. The summed E-state index contributed by atoms with van der Waals surface area (Å²) in [6.07, 6.45) is 2.97. The van der Waals surface area contributed by atoms with Crippen LogP contribution < -0.4 is 0 Å². The Morgan fingerprint density at radius 3 is 2.17 bits per heavy atom. The molecule has 2 rings (SSSR count). The van der Waals surface area contributed by atoms with E-state index in [-0.39, 0.29) is 0 Å². The van der Waals surface area contributed by atoms with Gasteiger partial charge in [-0.3, -0.25) is 0 Å². The van der Waals surface area contributed by atoms with Crippen molar-refractivity contribution in [2.24, 2.45) is 16.7 Å².